The molecule has 0 fully saturated rings. The number of benzene rings is 1. The number of hydrogen-bond acceptors (Lipinski definition) is 6. The quantitative estimate of drug-likeness (QED) is 0.537. The van der Waals surface area contributed by atoms with Crippen molar-refractivity contribution in [3.8, 4) is 0 Å². The van der Waals surface area contributed by atoms with Gasteiger partial charge in [0.15, 0.2) is 5.76 Å². The Hall–Kier alpha value is -2.75. The smallest absolute Gasteiger partial charge is 0.250 e. The minimum atomic E-state index is -3.62. The van der Waals surface area contributed by atoms with E-state index in [-0.39, 0.29) is 16.7 Å². The lowest BCUT2D eigenvalue weighted by Gasteiger charge is -2.07. The highest BCUT2D eigenvalue weighted by molar-refractivity contribution is 7.91. The molecule has 0 aliphatic carbocycles. The first-order chi connectivity index (χ1) is 14.3. The summed E-state index contributed by atoms with van der Waals surface area (Å²) in [6, 6.07) is 10.9. The Morgan fingerprint density at radius 2 is 1.93 bits per heavy atom. The molecule has 3 rings (SSSR count). The van der Waals surface area contributed by atoms with Crippen LogP contribution in [0.1, 0.15) is 40.8 Å². The maximum Gasteiger partial charge on any atom is 0.250 e. The van der Waals surface area contributed by atoms with Crippen molar-refractivity contribution in [1.82, 2.24) is 9.88 Å². The number of aryl methyl sites for hydroxylation is 2. The maximum absolute atomic E-state index is 12.6. The molecule has 2 N–H and O–H groups in total. The predicted molar refractivity (Wildman–Crippen MR) is 119 cm³/mol. The van der Waals surface area contributed by atoms with Crippen LogP contribution in [0, 0.1) is 13.8 Å². The van der Waals surface area contributed by atoms with Crippen LogP contribution in [0.4, 0.5) is 5.69 Å². The van der Waals surface area contributed by atoms with Gasteiger partial charge in [0, 0.05) is 17.8 Å². The van der Waals surface area contributed by atoms with Gasteiger partial charge in [0.2, 0.25) is 15.9 Å². The molecule has 0 spiro atoms. The highest BCUT2D eigenvalue weighted by Gasteiger charge is 2.17. The Bertz CT molecular complexity index is 1180. The monoisotopic (exact) mass is 445 g/mol. The number of rotatable bonds is 8. The standard InChI is InChI=1S/C21H23N3O4S2/c1-4-19(25)23-21-15(3)24-28-18(21)11-9-17-10-12-20(29-17)30(26,27)22-13-16-8-6-5-7-14(16)2/h5-12,22H,4,13H2,1-3H3,(H,23,25). The molecule has 0 saturated heterocycles. The van der Waals surface area contributed by atoms with Gasteiger partial charge in [-0.05, 0) is 49.3 Å². The molecule has 2 aromatic heterocycles. The van der Waals surface area contributed by atoms with Crippen LogP contribution in [-0.4, -0.2) is 19.5 Å². The van der Waals surface area contributed by atoms with E-state index in [1.807, 2.05) is 31.2 Å². The molecular weight excluding hydrogens is 422 g/mol. The fraction of sp³-hybridized carbons (Fsp3) is 0.238. The van der Waals surface area contributed by atoms with Crippen molar-refractivity contribution in [2.75, 3.05) is 5.32 Å². The van der Waals surface area contributed by atoms with Crippen LogP contribution in [0.3, 0.4) is 0 Å². The predicted octanol–water partition coefficient (Wildman–Crippen LogP) is 4.35. The van der Waals surface area contributed by atoms with E-state index in [1.165, 1.54) is 0 Å². The molecule has 0 unspecified atom stereocenters. The van der Waals surface area contributed by atoms with Crippen molar-refractivity contribution in [1.29, 1.82) is 0 Å². The van der Waals surface area contributed by atoms with Crippen LogP contribution in [-0.2, 0) is 21.4 Å². The number of aromatic nitrogens is 1. The third kappa shape index (κ3) is 5.24. The van der Waals surface area contributed by atoms with Crippen molar-refractivity contribution in [2.45, 2.75) is 37.9 Å². The van der Waals surface area contributed by atoms with E-state index in [0.717, 1.165) is 27.3 Å². The molecule has 158 valence electrons. The van der Waals surface area contributed by atoms with Crippen molar-refractivity contribution < 1.29 is 17.7 Å². The molecule has 0 aliphatic rings. The second-order valence-electron chi connectivity index (χ2n) is 6.65. The van der Waals surface area contributed by atoms with Crippen LogP contribution < -0.4 is 10.0 Å². The molecule has 0 atom stereocenters. The second-order valence-corrected chi connectivity index (χ2v) is 9.76. The highest BCUT2D eigenvalue weighted by atomic mass is 32.2. The van der Waals surface area contributed by atoms with Gasteiger partial charge in [0.25, 0.3) is 0 Å². The van der Waals surface area contributed by atoms with Crippen LogP contribution >= 0.6 is 11.3 Å². The van der Waals surface area contributed by atoms with E-state index >= 15 is 0 Å². The number of hydrogen-bond donors (Lipinski definition) is 2. The molecule has 9 heteroatoms. The lowest BCUT2D eigenvalue weighted by Crippen LogP contribution is -2.22. The molecule has 3 aromatic rings. The highest BCUT2D eigenvalue weighted by Crippen LogP contribution is 2.26. The summed E-state index contributed by atoms with van der Waals surface area (Å²) in [5.74, 6) is 0.268. The van der Waals surface area contributed by atoms with Crippen LogP contribution in [0.5, 0.6) is 0 Å². The van der Waals surface area contributed by atoms with E-state index in [9.17, 15) is 13.2 Å². The van der Waals surface area contributed by atoms with E-state index < -0.39 is 10.0 Å². The third-order valence-corrected chi connectivity index (χ3v) is 7.40. The minimum absolute atomic E-state index is 0.139. The minimum Gasteiger partial charge on any atom is -0.354 e. The molecule has 0 bridgehead atoms. The van der Waals surface area contributed by atoms with Gasteiger partial charge < -0.3 is 9.84 Å². The summed E-state index contributed by atoms with van der Waals surface area (Å²) >= 11 is 1.14. The molecule has 2 heterocycles. The Kier molecular flexibility index (Phi) is 6.86. The number of nitrogens with one attached hydrogen (secondary N) is 2. The van der Waals surface area contributed by atoms with Gasteiger partial charge in [0.05, 0.1) is 0 Å². The fourth-order valence-electron chi connectivity index (χ4n) is 2.66. The lowest BCUT2D eigenvalue weighted by molar-refractivity contribution is -0.115. The average Bonchev–Trinajstić information content (AvgIpc) is 3.34. The average molecular weight is 446 g/mol. The van der Waals surface area contributed by atoms with Crippen LogP contribution in [0.15, 0.2) is 45.1 Å². The van der Waals surface area contributed by atoms with E-state index in [4.69, 9.17) is 4.52 Å². The zero-order chi connectivity index (χ0) is 21.7. The molecule has 1 amide bonds. The second kappa shape index (κ2) is 9.38. The van der Waals surface area contributed by atoms with Crippen molar-refractivity contribution in [2.24, 2.45) is 0 Å². The SMILES string of the molecule is CCC(=O)Nc1c(C)noc1C=Cc1ccc(S(=O)(=O)NCc2ccccc2C)s1. The maximum atomic E-state index is 12.6. The van der Waals surface area contributed by atoms with Crippen molar-refractivity contribution in [3.63, 3.8) is 0 Å². The Morgan fingerprint density at radius 1 is 1.17 bits per heavy atom. The van der Waals surface area contributed by atoms with Crippen LogP contribution in [0.25, 0.3) is 12.2 Å². The van der Waals surface area contributed by atoms with Gasteiger partial charge >= 0.3 is 0 Å². The van der Waals surface area contributed by atoms with E-state index in [2.05, 4.69) is 15.2 Å². The van der Waals surface area contributed by atoms with Gasteiger partial charge in [-0.1, -0.05) is 36.3 Å². The van der Waals surface area contributed by atoms with Crippen molar-refractivity contribution >= 4 is 45.1 Å². The van der Waals surface area contributed by atoms with E-state index in [1.54, 1.807) is 38.1 Å². The van der Waals surface area contributed by atoms with Gasteiger partial charge in [-0.25, -0.2) is 13.1 Å². The van der Waals surface area contributed by atoms with E-state index in [0.29, 0.717) is 23.6 Å². The normalized spacial score (nSPS) is 11.8. The molecule has 1 aromatic carbocycles. The summed E-state index contributed by atoms with van der Waals surface area (Å²) in [6.45, 7) is 5.67. The number of carbonyl (C=O) groups is 1. The fourth-order valence-corrected chi connectivity index (χ4v) is 4.94. The van der Waals surface area contributed by atoms with Crippen LogP contribution in [0.2, 0.25) is 0 Å². The summed E-state index contributed by atoms with van der Waals surface area (Å²) in [4.78, 5) is 12.4. The first-order valence-electron chi connectivity index (χ1n) is 9.38. The molecule has 7 nitrogen and oxygen atoms in total. The number of thiophene rings is 1. The van der Waals surface area contributed by atoms with Gasteiger partial charge in [-0.15, -0.1) is 11.3 Å². The van der Waals surface area contributed by atoms with Gasteiger partial charge in [-0.3, -0.25) is 4.79 Å². The number of carbonyl (C=O) groups excluding carboxylic acids is 1. The van der Waals surface area contributed by atoms with Gasteiger partial charge in [-0.2, -0.15) is 0 Å². The molecule has 0 saturated carbocycles. The summed E-state index contributed by atoms with van der Waals surface area (Å²) in [5.41, 5.74) is 3.05. The topological polar surface area (TPSA) is 101 Å². The van der Waals surface area contributed by atoms with Crippen molar-refractivity contribution in [3.05, 3.63) is 63.9 Å². The number of nitrogens with zero attached hydrogens (tertiary/aromatic N) is 1. The molecule has 0 aliphatic heterocycles. The third-order valence-electron chi connectivity index (χ3n) is 4.45. The molecular formula is C21H23N3O4S2. The summed E-state index contributed by atoms with van der Waals surface area (Å²) < 4.78 is 33.4. The Morgan fingerprint density at radius 3 is 2.67 bits per heavy atom. The zero-order valence-electron chi connectivity index (χ0n) is 16.9. The van der Waals surface area contributed by atoms with Gasteiger partial charge in [0.1, 0.15) is 15.6 Å². The Balaban J connectivity index is 1.72. The molecule has 30 heavy (non-hydrogen) atoms. The summed E-state index contributed by atoms with van der Waals surface area (Å²) in [7, 11) is -3.62. The largest absolute Gasteiger partial charge is 0.354 e. The summed E-state index contributed by atoms with van der Waals surface area (Å²) in [6.07, 6.45) is 3.73. The molecule has 0 radical (unpaired) electrons. The number of amides is 1. The summed E-state index contributed by atoms with van der Waals surface area (Å²) in [5, 5.41) is 6.64. The number of sulfonamides is 1. The first kappa shape index (κ1) is 21.9. The number of anilines is 1. The first-order valence-corrected chi connectivity index (χ1v) is 11.7. The lowest BCUT2D eigenvalue weighted by atomic mass is 10.1. The Labute approximate surface area is 179 Å². The zero-order valence-corrected chi connectivity index (χ0v) is 18.6.